The van der Waals surface area contributed by atoms with Crippen molar-refractivity contribution in [2.45, 2.75) is 58.9 Å². The van der Waals surface area contributed by atoms with Gasteiger partial charge in [0.2, 0.25) is 0 Å². The number of carboxylic acid groups (broad SMARTS) is 1. The number of aliphatic carboxylic acids is 1. The number of aryl methyl sites for hydroxylation is 2. The molecule has 0 aliphatic carbocycles. The summed E-state index contributed by atoms with van der Waals surface area (Å²) >= 11 is 0. The highest BCUT2D eigenvalue weighted by molar-refractivity contribution is 5.96. The largest absolute Gasteiger partial charge is 0.485 e. The number of ketones is 1. The molecule has 0 aromatic heterocycles. The van der Waals surface area contributed by atoms with Crippen molar-refractivity contribution < 1.29 is 37.7 Å². The highest BCUT2D eigenvalue weighted by atomic mass is 19.4. The van der Waals surface area contributed by atoms with Gasteiger partial charge in [-0.3, -0.25) is 4.79 Å². The summed E-state index contributed by atoms with van der Waals surface area (Å²) in [4.78, 5) is 23.1. The number of carbonyl (C=O) groups is 2. The van der Waals surface area contributed by atoms with E-state index < -0.39 is 23.8 Å². The van der Waals surface area contributed by atoms with E-state index in [-0.39, 0.29) is 30.6 Å². The summed E-state index contributed by atoms with van der Waals surface area (Å²) in [7, 11) is 0. The number of alkyl halides is 3. The number of halogens is 3. The molecule has 3 aromatic rings. The van der Waals surface area contributed by atoms with Gasteiger partial charge in [-0.25, -0.2) is 4.79 Å². The molecule has 0 amide bonds. The summed E-state index contributed by atoms with van der Waals surface area (Å²) in [6, 6.07) is 15.7. The molecule has 1 unspecified atom stereocenters. The van der Waals surface area contributed by atoms with Crippen LogP contribution in [0.15, 0.2) is 60.7 Å². The highest BCUT2D eigenvalue weighted by Gasteiger charge is 2.30. The van der Waals surface area contributed by atoms with Crippen LogP contribution in [-0.4, -0.2) is 28.1 Å². The molecule has 0 radical (unpaired) electrons. The van der Waals surface area contributed by atoms with Gasteiger partial charge >= 0.3 is 12.1 Å². The third-order valence-electron chi connectivity index (χ3n) is 6.37. The van der Waals surface area contributed by atoms with Gasteiger partial charge in [0.25, 0.3) is 0 Å². The van der Waals surface area contributed by atoms with Crippen molar-refractivity contribution in [3.8, 4) is 16.9 Å². The topological polar surface area (TPSA) is 83.8 Å². The lowest BCUT2D eigenvalue weighted by Gasteiger charge is -2.24. The minimum absolute atomic E-state index is 0.0810. The first-order chi connectivity index (χ1) is 17.8. The van der Waals surface area contributed by atoms with E-state index in [2.05, 4.69) is 0 Å². The Morgan fingerprint density at radius 3 is 1.95 bits per heavy atom. The van der Waals surface area contributed by atoms with E-state index in [0.717, 1.165) is 34.4 Å². The molecule has 0 aliphatic rings. The van der Waals surface area contributed by atoms with Crippen molar-refractivity contribution >= 4 is 11.8 Å². The quantitative estimate of drug-likeness (QED) is 0.273. The van der Waals surface area contributed by atoms with Gasteiger partial charge in [-0.05, 0) is 78.3 Å². The maximum atomic E-state index is 12.9. The van der Waals surface area contributed by atoms with E-state index in [1.54, 1.807) is 24.3 Å². The van der Waals surface area contributed by atoms with E-state index in [4.69, 9.17) is 9.84 Å². The maximum Gasteiger partial charge on any atom is 0.416 e. The number of rotatable bonds is 10. The summed E-state index contributed by atoms with van der Waals surface area (Å²) in [5.41, 5.74) is 3.85. The monoisotopic (exact) mass is 528 g/mol. The third-order valence-corrected chi connectivity index (χ3v) is 6.37. The Morgan fingerprint density at radius 1 is 0.921 bits per heavy atom. The van der Waals surface area contributed by atoms with Crippen LogP contribution in [0.1, 0.15) is 65.4 Å². The number of ether oxygens (including phenoxy) is 1. The molecule has 2 N–H and O–H groups in total. The molecule has 0 aliphatic heterocycles. The second kappa shape index (κ2) is 11.8. The zero-order valence-corrected chi connectivity index (χ0v) is 21.7. The fourth-order valence-electron chi connectivity index (χ4n) is 4.40. The van der Waals surface area contributed by atoms with E-state index in [1.165, 1.54) is 12.1 Å². The molecule has 202 valence electrons. The van der Waals surface area contributed by atoms with E-state index in [1.807, 2.05) is 39.8 Å². The normalized spacial score (nSPS) is 13.3. The summed E-state index contributed by atoms with van der Waals surface area (Å²) in [5, 5.41) is 18.2. The molecule has 0 fully saturated rings. The van der Waals surface area contributed by atoms with E-state index >= 15 is 0 Å². The first kappa shape index (κ1) is 28.9. The molecule has 8 heteroatoms. The van der Waals surface area contributed by atoms with Crippen LogP contribution in [0, 0.1) is 19.8 Å². The zero-order chi connectivity index (χ0) is 28.2. The Hall–Kier alpha value is -3.65. The SMILES string of the molecule is Cc1cc(OC(c2ccc(C(=O)CC[C@H](O)C(=O)O)cc2)C(C)C)cc(C)c1-c1ccc(C(F)(F)F)cc1. The van der Waals surface area contributed by atoms with Crippen molar-refractivity contribution in [2.75, 3.05) is 0 Å². The molecular weight excluding hydrogens is 497 g/mol. The minimum atomic E-state index is -4.39. The Balaban J connectivity index is 1.78. The minimum Gasteiger partial charge on any atom is -0.485 e. The van der Waals surface area contributed by atoms with Crippen molar-refractivity contribution in [3.05, 3.63) is 88.5 Å². The van der Waals surface area contributed by atoms with Crippen molar-refractivity contribution in [1.82, 2.24) is 0 Å². The molecule has 0 bridgehead atoms. The van der Waals surface area contributed by atoms with Gasteiger partial charge in [-0.15, -0.1) is 0 Å². The van der Waals surface area contributed by atoms with Crippen molar-refractivity contribution in [3.63, 3.8) is 0 Å². The number of aliphatic hydroxyl groups is 1. The van der Waals surface area contributed by atoms with Crippen LogP contribution in [0.3, 0.4) is 0 Å². The number of Topliss-reactive ketones (excluding diaryl/α,β-unsaturated/α-hetero) is 1. The predicted molar refractivity (Wildman–Crippen MR) is 138 cm³/mol. The maximum absolute atomic E-state index is 12.9. The molecular formula is C30H31F3O5. The molecule has 0 spiro atoms. The van der Waals surface area contributed by atoms with Gasteiger partial charge in [0, 0.05) is 12.0 Å². The number of carboxylic acids is 1. The van der Waals surface area contributed by atoms with Gasteiger partial charge < -0.3 is 14.9 Å². The molecule has 0 saturated heterocycles. The Kier molecular flexibility index (Phi) is 8.99. The predicted octanol–water partition coefficient (Wildman–Crippen LogP) is 7.17. The van der Waals surface area contributed by atoms with Crippen LogP contribution in [-0.2, 0) is 11.0 Å². The Labute approximate surface area is 219 Å². The molecule has 3 rings (SSSR count). The zero-order valence-electron chi connectivity index (χ0n) is 21.7. The Bertz CT molecular complexity index is 1260. The standard InChI is InChI=1S/C30H31F3O5/c1-17(2)28(22-7-5-20(6-8-22)25(34)13-14-26(35)29(36)37)38-24-15-18(3)27(19(4)16-24)21-9-11-23(12-10-21)30(31,32)33/h5-12,15-17,26,28,35H,13-14H2,1-4H3,(H,36,37)/t26-,28?/m0/s1. The van der Waals surface area contributed by atoms with Gasteiger partial charge in [-0.2, -0.15) is 13.2 Å². The average Bonchev–Trinajstić information content (AvgIpc) is 2.85. The molecule has 5 nitrogen and oxygen atoms in total. The van der Waals surface area contributed by atoms with Crippen LogP contribution in [0.2, 0.25) is 0 Å². The van der Waals surface area contributed by atoms with Gasteiger partial charge in [0.1, 0.15) is 11.9 Å². The fourth-order valence-corrected chi connectivity index (χ4v) is 4.40. The number of carbonyl (C=O) groups excluding carboxylic acids is 1. The van der Waals surface area contributed by atoms with Crippen LogP contribution < -0.4 is 4.74 Å². The fraction of sp³-hybridized carbons (Fsp3) is 0.333. The second-order valence-corrected chi connectivity index (χ2v) is 9.73. The first-order valence-corrected chi connectivity index (χ1v) is 12.3. The van der Waals surface area contributed by atoms with Crippen molar-refractivity contribution in [1.29, 1.82) is 0 Å². The lowest BCUT2D eigenvalue weighted by atomic mass is 9.94. The molecule has 0 heterocycles. The molecule has 2 atom stereocenters. The van der Waals surface area contributed by atoms with Crippen LogP contribution in [0.4, 0.5) is 13.2 Å². The summed E-state index contributed by atoms with van der Waals surface area (Å²) < 4.78 is 45.2. The second-order valence-electron chi connectivity index (χ2n) is 9.73. The lowest BCUT2D eigenvalue weighted by molar-refractivity contribution is -0.146. The Morgan fingerprint density at radius 2 is 1.47 bits per heavy atom. The summed E-state index contributed by atoms with van der Waals surface area (Å²) in [6.07, 6.45) is -6.53. The van der Waals surface area contributed by atoms with Crippen LogP contribution in [0.5, 0.6) is 5.75 Å². The average molecular weight is 529 g/mol. The van der Waals surface area contributed by atoms with Crippen LogP contribution >= 0.6 is 0 Å². The van der Waals surface area contributed by atoms with Gasteiger partial charge in [0.05, 0.1) is 5.56 Å². The number of hydrogen-bond acceptors (Lipinski definition) is 4. The molecule has 38 heavy (non-hydrogen) atoms. The molecule has 0 saturated carbocycles. The molecule has 3 aromatic carbocycles. The number of hydrogen-bond donors (Lipinski definition) is 2. The summed E-state index contributed by atoms with van der Waals surface area (Å²) in [6.45, 7) is 7.79. The van der Waals surface area contributed by atoms with Crippen LogP contribution in [0.25, 0.3) is 11.1 Å². The van der Waals surface area contributed by atoms with Gasteiger partial charge in [0.15, 0.2) is 11.9 Å². The van der Waals surface area contributed by atoms with E-state index in [9.17, 15) is 27.9 Å². The summed E-state index contributed by atoms with van der Waals surface area (Å²) in [5.74, 6) is -0.915. The number of benzene rings is 3. The van der Waals surface area contributed by atoms with Crippen molar-refractivity contribution in [2.24, 2.45) is 5.92 Å². The van der Waals surface area contributed by atoms with E-state index in [0.29, 0.717) is 16.9 Å². The third kappa shape index (κ3) is 7.01. The number of aliphatic hydroxyl groups excluding tert-OH is 1. The lowest BCUT2D eigenvalue weighted by Crippen LogP contribution is -2.20. The highest BCUT2D eigenvalue weighted by Crippen LogP contribution is 2.36. The first-order valence-electron chi connectivity index (χ1n) is 12.3. The van der Waals surface area contributed by atoms with Gasteiger partial charge in [-0.1, -0.05) is 50.2 Å². The smallest absolute Gasteiger partial charge is 0.416 e.